The second kappa shape index (κ2) is 8.50. The van der Waals surface area contributed by atoms with Gasteiger partial charge in [0.2, 0.25) is 5.95 Å². The Hall–Kier alpha value is -3.21. The van der Waals surface area contributed by atoms with E-state index in [0.29, 0.717) is 11.5 Å². The van der Waals surface area contributed by atoms with Crippen molar-refractivity contribution in [1.29, 1.82) is 0 Å². The predicted molar refractivity (Wildman–Crippen MR) is 112 cm³/mol. The maximum atomic E-state index is 12.9. The molecule has 2 atom stereocenters. The van der Waals surface area contributed by atoms with Gasteiger partial charge < -0.3 is 15.8 Å². The van der Waals surface area contributed by atoms with Crippen molar-refractivity contribution in [3.8, 4) is 5.75 Å². The Balaban J connectivity index is 1.84. The average molecular weight is 434 g/mol. The number of hydrogen-bond donors (Lipinski definition) is 3. The van der Waals surface area contributed by atoms with E-state index in [4.69, 9.17) is 5.73 Å². The molecule has 0 spiro atoms. The number of aryl methyl sites for hydroxylation is 1. The number of nitrogens with two attached hydrogens (primary N) is 1. The second-order valence-electron chi connectivity index (χ2n) is 7.70. The van der Waals surface area contributed by atoms with Crippen LogP contribution in [0.15, 0.2) is 33.9 Å². The molecule has 2 aromatic heterocycles. The lowest BCUT2D eigenvalue weighted by molar-refractivity contribution is -0.0504. The summed E-state index contributed by atoms with van der Waals surface area (Å²) in [5, 5.41) is 3.31. The van der Waals surface area contributed by atoms with E-state index < -0.39 is 17.9 Å². The molecule has 3 aromatic rings. The van der Waals surface area contributed by atoms with E-state index in [1.54, 1.807) is 22.8 Å². The highest BCUT2D eigenvalue weighted by molar-refractivity contribution is 5.74. The maximum absolute atomic E-state index is 12.9. The molecule has 1 aliphatic rings. The van der Waals surface area contributed by atoms with Gasteiger partial charge in [0.25, 0.3) is 5.56 Å². The number of para-hydroxylation sites is 1. The Morgan fingerprint density at radius 2 is 2.03 bits per heavy atom. The zero-order chi connectivity index (χ0) is 22.1. The van der Waals surface area contributed by atoms with Crippen molar-refractivity contribution in [3.05, 3.63) is 50.7 Å². The van der Waals surface area contributed by atoms with Gasteiger partial charge in [-0.15, -0.1) is 0 Å². The average Bonchev–Trinajstić information content (AvgIpc) is 3.08. The van der Waals surface area contributed by atoms with Crippen LogP contribution in [0.25, 0.3) is 11.2 Å². The number of ether oxygens (including phenoxy) is 1. The molecule has 1 aliphatic carbocycles. The zero-order valence-corrected chi connectivity index (χ0v) is 17.0. The van der Waals surface area contributed by atoms with Gasteiger partial charge in [-0.1, -0.05) is 31.0 Å². The third kappa shape index (κ3) is 4.18. The summed E-state index contributed by atoms with van der Waals surface area (Å²) in [6.45, 7) is -2.95. The standard InChI is InChI=1S/C20H24F2N6O3/c1-27-16-15(17(29)26-20(27)30)28(10-11-6-2-5-9-14(11)31-18(21)22)19(25-16)24-13-8-4-3-7-12(13)23/h2,5-6,9,12-13,18H,3-4,7-8,10,23H2,1H3,(H,24,25)(H,26,29,30)/t12-,13+/m0/s1. The number of aromatic amines is 1. The third-order valence-corrected chi connectivity index (χ3v) is 5.66. The molecule has 9 nitrogen and oxygen atoms in total. The molecule has 4 N–H and O–H groups in total. The minimum absolute atomic E-state index is 0.000848. The summed E-state index contributed by atoms with van der Waals surface area (Å²) >= 11 is 0. The molecule has 1 saturated carbocycles. The van der Waals surface area contributed by atoms with Crippen LogP contribution >= 0.6 is 0 Å². The molecule has 0 radical (unpaired) electrons. The van der Waals surface area contributed by atoms with Crippen LogP contribution in [0.5, 0.6) is 5.75 Å². The number of H-pyrrole nitrogens is 1. The van der Waals surface area contributed by atoms with Crippen LogP contribution in [0.3, 0.4) is 0 Å². The summed E-state index contributed by atoms with van der Waals surface area (Å²) < 4.78 is 33.2. The van der Waals surface area contributed by atoms with Gasteiger partial charge in [0.15, 0.2) is 11.2 Å². The number of aromatic nitrogens is 4. The Bertz CT molecular complexity index is 1200. The number of nitrogens with one attached hydrogen (secondary N) is 2. The van der Waals surface area contributed by atoms with Gasteiger partial charge >= 0.3 is 12.3 Å². The van der Waals surface area contributed by atoms with Crippen LogP contribution in [0, 0.1) is 0 Å². The molecule has 4 rings (SSSR count). The SMILES string of the molecule is Cn1c(=O)[nH]c(=O)c2c1nc(N[C@@H]1CCCC[C@@H]1N)n2Cc1ccccc1OC(F)F. The fourth-order valence-corrected chi connectivity index (χ4v) is 4.02. The molecule has 0 aliphatic heterocycles. The molecule has 11 heteroatoms. The molecule has 0 bridgehead atoms. The van der Waals surface area contributed by atoms with Crippen molar-refractivity contribution in [2.24, 2.45) is 12.8 Å². The van der Waals surface area contributed by atoms with Gasteiger partial charge in [-0.05, 0) is 18.9 Å². The number of benzene rings is 1. The number of nitrogens with zero attached hydrogens (tertiary/aromatic N) is 3. The van der Waals surface area contributed by atoms with Crippen LogP contribution in [0.1, 0.15) is 31.2 Å². The number of halogens is 2. The number of fused-ring (bicyclic) bond motifs is 1. The summed E-state index contributed by atoms with van der Waals surface area (Å²) in [4.78, 5) is 31.5. The number of anilines is 1. The Morgan fingerprint density at radius 1 is 1.29 bits per heavy atom. The first kappa shape index (κ1) is 21.0. The monoisotopic (exact) mass is 434 g/mol. The predicted octanol–water partition coefficient (Wildman–Crippen LogP) is 1.75. The van der Waals surface area contributed by atoms with E-state index in [1.807, 2.05) is 0 Å². The molecule has 31 heavy (non-hydrogen) atoms. The summed E-state index contributed by atoms with van der Waals surface area (Å²) in [5.41, 5.74) is 5.83. The van der Waals surface area contributed by atoms with Gasteiger partial charge in [0.05, 0.1) is 6.54 Å². The van der Waals surface area contributed by atoms with Crippen molar-refractivity contribution >= 4 is 17.1 Å². The van der Waals surface area contributed by atoms with E-state index in [9.17, 15) is 18.4 Å². The van der Waals surface area contributed by atoms with Gasteiger partial charge in [0, 0.05) is 24.7 Å². The van der Waals surface area contributed by atoms with E-state index in [-0.39, 0.29) is 35.5 Å². The second-order valence-corrected chi connectivity index (χ2v) is 7.70. The molecular weight excluding hydrogens is 410 g/mol. The molecule has 166 valence electrons. The Labute approximate surface area is 175 Å². The normalized spacial score (nSPS) is 19.1. The molecular formula is C20H24F2N6O3. The quantitative estimate of drug-likeness (QED) is 0.544. The lowest BCUT2D eigenvalue weighted by atomic mass is 9.91. The highest BCUT2D eigenvalue weighted by Gasteiger charge is 2.25. The third-order valence-electron chi connectivity index (χ3n) is 5.66. The molecule has 1 aromatic carbocycles. The fraction of sp³-hybridized carbons (Fsp3) is 0.450. The fourth-order valence-electron chi connectivity index (χ4n) is 4.02. The lowest BCUT2D eigenvalue weighted by Gasteiger charge is -2.29. The van der Waals surface area contributed by atoms with E-state index >= 15 is 0 Å². The van der Waals surface area contributed by atoms with Crippen molar-refractivity contribution in [1.82, 2.24) is 19.1 Å². The Kier molecular flexibility index (Phi) is 5.77. The van der Waals surface area contributed by atoms with Gasteiger partial charge in [-0.3, -0.25) is 18.9 Å². The van der Waals surface area contributed by atoms with E-state index in [0.717, 1.165) is 25.7 Å². The van der Waals surface area contributed by atoms with E-state index in [2.05, 4.69) is 20.0 Å². The van der Waals surface area contributed by atoms with E-state index in [1.165, 1.54) is 17.7 Å². The lowest BCUT2D eigenvalue weighted by Crippen LogP contribution is -2.43. The highest BCUT2D eigenvalue weighted by atomic mass is 19.3. The first-order chi connectivity index (χ1) is 14.8. The number of alkyl halides is 2. The molecule has 0 saturated heterocycles. The minimum Gasteiger partial charge on any atom is -0.434 e. The first-order valence-corrected chi connectivity index (χ1v) is 10.1. The van der Waals surface area contributed by atoms with Gasteiger partial charge in [-0.2, -0.15) is 13.8 Å². The number of rotatable bonds is 6. The van der Waals surface area contributed by atoms with Crippen LogP contribution in [0.4, 0.5) is 14.7 Å². The number of imidazole rings is 1. The van der Waals surface area contributed by atoms with Gasteiger partial charge in [-0.25, -0.2) is 4.79 Å². The molecule has 1 fully saturated rings. The summed E-state index contributed by atoms with van der Waals surface area (Å²) in [7, 11) is 1.50. The summed E-state index contributed by atoms with van der Waals surface area (Å²) in [6.07, 6.45) is 3.75. The van der Waals surface area contributed by atoms with Crippen molar-refractivity contribution < 1.29 is 13.5 Å². The molecule has 0 amide bonds. The first-order valence-electron chi connectivity index (χ1n) is 10.1. The molecule has 0 unspecified atom stereocenters. The van der Waals surface area contributed by atoms with Crippen molar-refractivity contribution in [2.45, 2.75) is 50.9 Å². The maximum Gasteiger partial charge on any atom is 0.387 e. The van der Waals surface area contributed by atoms with Crippen LogP contribution in [-0.4, -0.2) is 37.8 Å². The van der Waals surface area contributed by atoms with Crippen LogP contribution < -0.4 is 27.0 Å². The number of hydrogen-bond acceptors (Lipinski definition) is 6. The highest BCUT2D eigenvalue weighted by Crippen LogP contribution is 2.27. The Morgan fingerprint density at radius 3 is 2.77 bits per heavy atom. The van der Waals surface area contributed by atoms with Crippen molar-refractivity contribution in [2.75, 3.05) is 5.32 Å². The van der Waals surface area contributed by atoms with Crippen LogP contribution in [-0.2, 0) is 13.6 Å². The molecule has 2 heterocycles. The smallest absolute Gasteiger partial charge is 0.387 e. The summed E-state index contributed by atoms with van der Waals surface area (Å²) in [5.74, 6) is 0.344. The van der Waals surface area contributed by atoms with Crippen LogP contribution in [0.2, 0.25) is 0 Å². The summed E-state index contributed by atoms with van der Waals surface area (Å²) in [6, 6.07) is 6.20. The largest absolute Gasteiger partial charge is 0.434 e. The topological polar surface area (TPSA) is 120 Å². The van der Waals surface area contributed by atoms with Crippen molar-refractivity contribution in [3.63, 3.8) is 0 Å². The minimum atomic E-state index is -2.98. The van der Waals surface area contributed by atoms with Gasteiger partial charge in [0.1, 0.15) is 5.75 Å². The zero-order valence-electron chi connectivity index (χ0n) is 17.0.